The van der Waals surface area contributed by atoms with E-state index in [-0.39, 0.29) is 0 Å². The molecule has 1 aliphatic heterocycles. The molecule has 0 amide bonds. The van der Waals surface area contributed by atoms with E-state index >= 15 is 0 Å². The number of likely N-dealkylation sites (tertiary alicyclic amines) is 1. The Balaban J connectivity index is 1.87. The van der Waals surface area contributed by atoms with E-state index in [9.17, 15) is 0 Å². The summed E-state index contributed by atoms with van der Waals surface area (Å²) >= 11 is 0. The molecule has 2 unspecified atom stereocenters. The first kappa shape index (κ1) is 13.5. The fourth-order valence-corrected chi connectivity index (χ4v) is 2.79. The summed E-state index contributed by atoms with van der Waals surface area (Å²) in [6.07, 6.45) is 3.27. The van der Waals surface area contributed by atoms with Gasteiger partial charge in [-0.1, -0.05) is 19.9 Å². The molecular formula is C15H25N3. The van der Waals surface area contributed by atoms with E-state index in [0.29, 0.717) is 6.04 Å². The third-order valence-electron chi connectivity index (χ3n) is 3.83. The van der Waals surface area contributed by atoms with Crippen LogP contribution >= 0.6 is 0 Å². The number of rotatable bonds is 4. The molecular weight excluding hydrogens is 222 g/mol. The average molecular weight is 247 g/mol. The number of pyridine rings is 1. The maximum Gasteiger partial charge on any atom is 0.0372 e. The van der Waals surface area contributed by atoms with Gasteiger partial charge in [0.1, 0.15) is 0 Å². The number of piperidine rings is 1. The van der Waals surface area contributed by atoms with Crippen LogP contribution in [0.15, 0.2) is 18.3 Å². The first-order valence-electron chi connectivity index (χ1n) is 7.06. The zero-order chi connectivity index (χ0) is 13.0. The van der Waals surface area contributed by atoms with Crippen molar-refractivity contribution >= 4 is 0 Å². The van der Waals surface area contributed by atoms with E-state index in [1.54, 1.807) is 0 Å². The van der Waals surface area contributed by atoms with E-state index in [1.165, 1.54) is 25.1 Å². The topological polar surface area (TPSA) is 28.2 Å². The highest BCUT2D eigenvalue weighted by Crippen LogP contribution is 2.18. The maximum absolute atomic E-state index is 4.37. The van der Waals surface area contributed by atoms with E-state index in [0.717, 1.165) is 24.7 Å². The molecule has 1 aromatic rings. The lowest BCUT2D eigenvalue weighted by Gasteiger charge is -2.37. The quantitative estimate of drug-likeness (QED) is 0.884. The van der Waals surface area contributed by atoms with Crippen molar-refractivity contribution in [2.45, 2.75) is 39.8 Å². The minimum absolute atomic E-state index is 0.697. The average Bonchev–Trinajstić information content (AvgIpc) is 2.36. The fourth-order valence-electron chi connectivity index (χ4n) is 2.79. The number of hydrogen-bond acceptors (Lipinski definition) is 3. The molecule has 0 radical (unpaired) electrons. The number of nitrogens with one attached hydrogen (secondary N) is 1. The van der Waals surface area contributed by atoms with Gasteiger partial charge >= 0.3 is 0 Å². The molecule has 2 atom stereocenters. The van der Waals surface area contributed by atoms with E-state index in [4.69, 9.17) is 0 Å². The Morgan fingerprint density at radius 1 is 1.44 bits per heavy atom. The Morgan fingerprint density at radius 3 is 2.89 bits per heavy atom. The molecule has 1 N–H and O–H groups in total. The first-order chi connectivity index (χ1) is 8.69. The van der Waals surface area contributed by atoms with Crippen LogP contribution in [0.5, 0.6) is 0 Å². The van der Waals surface area contributed by atoms with E-state index in [1.807, 2.05) is 13.1 Å². The van der Waals surface area contributed by atoms with Gasteiger partial charge in [-0.15, -0.1) is 0 Å². The highest BCUT2D eigenvalue weighted by Gasteiger charge is 2.24. The molecule has 3 heteroatoms. The van der Waals surface area contributed by atoms with Crippen molar-refractivity contribution in [2.24, 2.45) is 5.92 Å². The van der Waals surface area contributed by atoms with Crippen LogP contribution in [0.1, 0.15) is 31.5 Å². The van der Waals surface area contributed by atoms with Gasteiger partial charge in [-0.25, -0.2) is 0 Å². The van der Waals surface area contributed by atoms with Crippen molar-refractivity contribution in [1.29, 1.82) is 0 Å². The lowest BCUT2D eigenvalue weighted by Crippen LogP contribution is -2.47. The molecule has 100 valence electrons. The molecule has 2 rings (SSSR count). The highest BCUT2D eigenvalue weighted by molar-refractivity contribution is 5.13. The molecule has 1 aromatic heterocycles. The Hall–Kier alpha value is -0.930. The predicted molar refractivity (Wildman–Crippen MR) is 75.5 cm³/mol. The van der Waals surface area contributed by atoms with Crippen molar-refractivity contribution in [3.8, 4) is 0 Å². The van der Waals surface area contributed by atoms with Crippen LogP contribution in [0.3, 0.4) is 0 Å². The second-order valence-corrected chi connectivity index (χ2v) is 5.47. The lowest BCUT2D eigenvalue weighted by atomic mass is 9.93. The summed E-state index contributed by atoms with van der Waals surface area (Å²) in [6, 6.07) is 5.00. The SMILES string of the molecule is CCNC1CCN(Cc2ccc(C)nc2)CC1C. The monoisotopic (exact) mass is 247 g/mol. The van der Waals surface area contributed by atoms with Gasteiger partial charge < -0.3 is 5.32 Å². The van der Waals surface area contributed by atoms with Crippen LogP contribution in [0, 0.1) is 12.8 Å². The van der Waals surface area contributed by atoms with Crippen molar-refractivity contribution < 1.29 is 0 Å². The second kappa shape index (κ2) is 6.30. The molecule has 0 spiro atoms. The Morgan fingerprint density at radius 2 is 2.28 bits per heavy atom. The summed E-state index contributed by atoms with van der Waals surface area (Å²) in [5.74, 6) is 0.733. The smallest absolute Gasteiger partial charge is 0.0372 e. The van der Waals surface area contributed by atoms with Gasteiger partial charge in [-0.3, -0.25) is 9.88 Å². The van der Waals surface area contributed by atoms with Gasteiger partial charge in [0, 0.05) is 31.0 Å². The van der Waals surface area contributed by atoms with Crippen molar-refractivity contribution in [3.63, 3.8) is 0 Å². The van der Waals surface area contributed by atoms with Crippen molar-refractivity contribution in [3.05, 3.63) is 29.6 Å². The van der Waals surface area contributed by atoms with Gasteiger partial charge in [0.2, 0.25) is 0 Å². The van der Waals surface area contributed by atoms with E-state index < -0.39 is 0 Å². The van der Waals surface area contributed by atoms with Crippen LogP contribution in [0.2, 0.25) is 0 Å². The Kier molecular flexibility index (Phi) is 4.72. The fraction of sp³-hybridized carbons (Fsp3) is 0.667. The third-order valence-corrected chi connectivity index (χ3v) is 3.83. The predicted octanol–water partition coefficient (Wildman–Crippen LogP) is 2.21. The van der Waals surface area contributed by atoms with Crippen LogP contribution in [-0.2, 0) is 6.54 Å². The molecule has 0 saturated carbocycles. The molecule has 2 heterocycles. The summed E-state index contributed by atoms with van der Waals surface area (Å²) in [7, 11) is 0. The third kappa shape index (κ3) is 3.53. The largest absolute Gasteiger partial charge is 0.314 e. The standard InChI is InChI=1S/C15H25N3/c1-4-16-15-7-8-18(10-12(15)2)11-14-6-5-13(3)17-9-14/h5-6,9,12,15-16H,4,7-8,10-11H2,1-3H3. The second-order valence-electron chi connectivity index (χ2n) is 5.47. The lowest BCUT2D eigenvalue weighted by molar-refractivity contribution is 0.142. The maximum atomic E-state index is 4.37. The molecule has 1 fully saturated rings. The first-order valence-corrected chi connectivity index (χ1v) is 7.06. The normalized spacial score (nSPS) is 25.3. The number of nitrogens with zero attached hydrogens (tertiary/aromatic N) is 2. The highest BCUT2D eigenvalue weighted by atomic mass is 15.1. The van der Waals surface area contributed by atoms with Gasteiger partial charge in [0.15, 0.2) is 0 Å². The number of aromatic nitrogens is 1. The summed E-state index contributed by atoms with van der Waals surface area (Å²) < 4.78 is 0. The Bertz CT molecular complexity index is 361. The number of hydrogen-bond donors (Lipinski definition) is 1. The summed E-state index contributed by atoms with van der Waals surface area (Å²) in [5, 5.41) is 3.59. The molecule has 1 saturated heterocycles. The van der Waals surface area contributed by atoms with Crippen molar-refractivity contribution in [1.82, 2.24) is 15.2 Å². The number of aryl methyl sites for hydroxylation is 1. The van der Waals surface area contributed by atoms with Crippen LogP contribution in [-0.4, -0.2) is 35.6 Å². The summed E-state index contributed by atoms with van der Waals surface area (Å²) in [4.78, 5) is 6.92. The minimum Gasteiger partial charge on any atom is -0.314 e. The summed E-state index contributed by atoms with van der Waals surface area (Å²) in [6.45, 7) is 11.1. The zero-order valence-electron chi connectivity index (χ0n) is 11.8. The summed E-state index contributed by atoms with van der Waals surface area (Å²) in [5.41, 5.74) is 2.42. The minimum atomic E-state index is 0.697. The molecule has 1 aliphatic rings. The molecule has 0 aromatic carbocycles. The van der Waals surface area contributed by atoms with Crippen LogP contribution < -0.4 is 5.32 Å². The van der Waals surface area contributed by atoms with Gasteiger partial charge in [-0.05, 0) is 44.0 Å². The van der Waals surface area contributed by atoms with Gasteiger partial charge in [-0.2, -0.15) is 0 Å². The van der Waals surface area contributed by atoms with Gasteiger partial charge in [0.25, 0.3) is 0 Å². The van der Waals surface area contributed by atoms with Crippen molar-refractivity contribution in [2.75, 3.05) is 19.6 Å². The molecule has 0 aliphatic carbocycles. The van der Waals surface area contributed by atoms with Crippen LogP contribution in [0.25, 0.3) is 0 Å². The van der Waals surface area contributed by atoms with E-state index in [2.05, 4.69) is 41.2 Å². The van der Waals surface area contributed by atoms with Gasteiger partial charge in [0.05, 0.1) is 0 Å². The molecule has 18 heavy (non-hydrogen) atoms. The molecule has 0 bridgehead atoms. The molecule has 3 nitrogen and oxygen atoms in total. The van der Waals surface area contributed by atoms with Crippen LogP contribution in [0.4, 0.5) is 0 Å². The Labute approximate surface area is 111 Å². The zero-order valence-corrected chi connectivity index (χ0v) is 11.8.